The zero-order valence-electron chi connectivity index (χ0n) is 14.2. The predicted molar refractivity (Wildman–Crippen MR) is 96.1 cm³/mol. The van der Waals surface area contributed by atoms with Crippen molar-refractivity contribution in [1.82, 2.24) is 20.1 Å². The van der Waals surface area contributed by atoms with Crippen LogP contribution in [0.5, 0.6) is 0 Å². The highest BCUT2D eigenvalue weighted by Crippen LogP contribution is 2.29. The Balaban J connectivity index is 1.50. The monoisotopic (exact) mass is 350 g/mol. The zero-order chi connectivity index (χ0) is 17.9. The molecule has 3 aromatic rings. The summed E-state index contributed by atoms with van der Waals surface area (Å²) in [6.07, 6.45) is 5.23. The van der Waals surface area contributed by atoms with Gasteiger partial charge in [0, 0.05) is 48.2 Å². The van der Waals surface area contributed by atoms with E-state index in [0.29, 0.717) is 12.1 Å². The van der Waals surface area contributed by atoms with Gasteiger partial charge < -0.3 is 4.90 Å². The summed E-state index contributed by atoms with van der Waals surface area (Å²) in [5, 5.41) is 7.46. The van der Waals surface area contributed by atoms with E-state index >= 15 is 0 Å². The summed E-state index contributed by atoms with van der Waals surface area (Å²) in [5.41, 5.74) is 3.33. The molecule has 26 heavy (non-hydrogen) atoms. The number of nitrogens with one attached hydrogen (secondary N) is 1. The predicted octanol–water partition coefficient (Wildman–Crippen LogP) is 3.63. The molecule has 6 heteroatoms. The normalized spacial score (nSPS) is 17.3. The quantitative estimate of drug-likeness (QED) is 0.785. The minimum atomic E-state index is -0.262. The van der Waals surface area contributed by atoms with Crippen molar-refractivity contribution < 1.29 is 9.18 Å². The molecule has 1 saturated heterocycles. The Labute approximate surface area is 150 Å². The Bertz CT molecular complexity index is 892. The molecule has 0 saturated carbocycles. The van der Waals surface area contributed by atoms with Gasteiger partial charge in [0.2, 0.25) is 0 Å². The van der Waals surface area contributed by atoms with Gasteiger partial charge in [-0.25, -0.2) is 4.39 Å². The Morgan fingerprint density at radius 2 is 1.92 bits per heavy atom. The average Bonchev–Trinajstić information content (AvgIpc) is 3.19. The fourth-order valence-corrected chi connectivity index (χ4v) is 3.41. The molecule has 1 amide bonds. The highest BCUT2D eigenvalue weighted by Gasteiger charge is 2.26. The number of H-pyrrole nitrogens is 1. The molecule has 1 unspecified atom stereocenters. The van der Waals surface area contributed by atoms with Gasteiger partial charge in [-0.1, -0.05) is 0 Å². The molecule has 2 aromatic heterocycles. The third-order valence-corrected chi connectivity index (χ3v) is 4.81. The van der Waals surface area contributed by atoms with Gasteiger partial charge in [0.25, 0.3) is 5.91 Å². The summed E-state index contributed by atoms with van der Waals surface area (Å²) in [4.78, 5) is 18.5. The number of amides is 1. The number of halogens is 1. The number of piperidine rings is 1. The number of benzene rings is 1. The van der Waals surface area contributed by atoms with Crippen LogP contribution in [0.25, 0.3) is 11.3 Å². The smallest absolute Gasteiger partial charge is 0.253 e. The van der Waals surface area contributed by atoms with Gasteiger partial charge in [-0.2, -0.15) is 5.10 Å². The first-order valence-corrected chi connectivity index (χ1v) is 8.71. The molecule has 3 heterocycles. The van der Waals surface area contributed by atoms with Gasteiger partial charge >= 0.3 is 0 Å². The molecule has 1 aromatic carbocycles. The standard InChI is InChI=1S/C20H19FN4O/c21-17-5-3-14(4-6-17)18-12-19(24-23-18)16-2-1-11-25(13-16)20(26)15-7-9-22-10-8-15/h3-10,12,16H,1-2,11,13H2,(H,23,24). The van der Waals surface area contributed by atoms with Crippen LogP contribution in [0.15, 0.2) is 54.9 Å². The number of carbonyl (C=O) groups excluding carboxylic acids is 1. The molecule has 4 rings (SSSR count). The fourth-order valence-electron chi connectivity index (χ4n) is 3.41. The van der Waals surface area contributed by atoms with Crippen LogP contribution in [-0.2, 0) is 0 Å². The second-order valence-corrected chi connectivity index (χ2v) is 6.54. The number of nitrogens with zero attached hydrogens (tertiary/aromatic N) is 3. The van der Waals surface area contributed by atoms with E-state index in [1.807, 2.05) is 11.0 Å². The average molecular weight is 350 g/mol. The molecule has 0 spiro atoms. The van der Waals surface area contributed by atoms with Crippen molar-refractivity contribution in [1.29, 1.82) is 0 Å². The molecule has 0 bridgehead atoms. The maximum Gasteiger partial charge on any atom is 0.253 e. The second-order valence-electron chi connectivity index (χ2n) is 6.54. The molecule has 0 aliphatic carbocycles. The van der Waals surface area contributed by atoms with Crippen LogP contribution in [0.2, 0.25) is 0 Å². The second kappa shape index (κ2) is 7.07. The Hall–Kier alpha value is -3.02. The summed E-state index contributed by atoms with van der Waals surface area (Å²) >= 11 is 0. The molecule has 1 aliphatic heterocycles. The Morgan fingerprint density at radius 3 is 2.69 bits per heavy atom. The highest BCUT2D eigenvalue weighted by molar-refractivity contribution is 5.94. The van der Waals surface area contributed by atoms with Crippen LogP contribution in [-0.4, -0.2) is 39.1 Å². The van der Waals surface area contributed by atoms with E-state index in [2.05, 4.69) is 15.2 Å². The minimum absolute atomic E-state index is 0.0374. The summed E-state index contributed by atoms with van der Waals surface area (Å²) in [7, 11) is 0. The highest BCUT2D eigenvalue weighted by atomic mass is 19.1. The first-order valence-electron chi connectivity index (χ1n) is 8.71. The van der Waals surface area contributed by atoms with E-state index < -0.39 is 0 Å². The molecule has 0 radical (unpaired) electrons. The van der Waals surface area contributed by atoms with Crippen molar-refractivity contribution in [2.75, 3.05) is 13.1 Å². The molecule has 1 fully saturated rings. The Morgan fingerprint density at radius 1 is 1.15 bits per heavy atom. The number of pyridine rings is 1. The van der Waals surface area contributed by atoms with Crippen LogP contribution in [0.3, 0.4) is 0 Å². The lowest BCUT2D eigenvalue weighted by Gasteiger charge is -2.32. The minimum Gasteiger partial charge on any atom is -0.338 e. The number of rotatable bonds is 3. The van der Waals surface area contributed by atoms with Crippen molar-refractivity contribution in [2.24, 2.45) is 0 Å². The van der Waals surface area contributed by atoms with Crippen LogP contribution in [0.4, 0.5) is 4.39 Å². The summed E-state index contributed by atoms with van der Waals surface area (Å²) in [5.74, 6) is -0.00587. The molecule has 1 N–H and O–H groups in total. The zero-order valence-corrected chi connectivity index (χ0v) is 14.2. The molecule has 5 nitrogen and oxygen atoms in total. The van der Waals surface area contributed by atoms with Crippen LogP contribution in [0.1, 0.15) is 34.8 Å². The SMILES string of the molecule is O=C(c1ccncc1)N1CCCC(c2cc(-c3ccc(F)cc3)n[nH]2)C1. The third-order valence-electron chi connectivity index (χ3n) is 4.81. The van der Waals surface area contributed by atoms with E-state index in [1.165, 1.54) is 12.1 Å². The molecule has 132 valence electrons. The lowest BCUT2D eigenvalue weighted by molar-refractivity contribution is 0.0705. The molecule has 1 atom stereocenters. The summed E-state index contributed by atoms with van der Waals surface area (Å²) in [6.45, 7) is 1.42. The maximum atomic E-state index is 13.1. The van der Waals surface area contributed by atoms with Gasteiger partial charge in [0.15, 0.2) is 0 Å². The number of hydrogen-bond donors (Lipinski definition) is 1. The van der Waals surface area contributed by atoms with Crippen molar-refractivity contribution in [2.45, 2.75) is 18.8 Å². The van der Waals surface area contributed by atoms with Crippen LogP contribution >= 0.6 is 0 Å². The third kappa shape index (κ3) is 3.35. The van der Waals surface area contributed by atoms with E-state index in [0.717, 1.165) is 36.3 Å². The largest absolute Gasteiger partial charge is 0.338 e. The number of hydrogen-bond acceptors (Lipinski definition) is 3. The van der Waals surface area contributed by atoms with Crippen molar-refractivity contribution in [3.05, 3.63) is 71.9 Å². The van der Waals surface area contributed by atoms with E-state index in [-0.39, 0.29) is 17.6 Å². The van der Waals surface area contributed by atoms with Crippen LogP contribution in [0, 0.1) is 5.82 Å². The Kier molecular flexibility index (Phi) is 4.48. The van der Waals surface area contributed by atoms with Crippen molar-refractivity contribution in [3.63, 3.8) is 0 Å². The number of carbonyl (C=O) groups is 1. The number of aromatic nitrogens is 3. The van der Waals surface area contributed by atoms with Crippen LogP contribution < -0.4 is 0 Å². The van der Waals surface area contributed by atoms with E-state index in [9.17, 15) is 9.18 Å². The van der Waals surface area contributed by atoms with E-state index in [1.54, 1.807) is 36.7 Å². The fraction of sp³-hybridized carbons (Fsp3) is 0.250. The van der Waals surface area contributed by atoms with Gasteiger partial charge in [-0.15, -0.1) is 0 Å². The van der Waals surface area contributed by atoms with Crippen molar-refractivity contribution in [3.8, 4) is 11.3 Å². The molecular weight excluding hydrogens is 331 g/mol. The van der Waals surface area contributed by atoms with E-state index in [4.69, 9.17) is 0 Å². The molecule has 1 aliphatic rings. The van der Waals surface area contributed by atoms with Gasteiger partial charge in [-0.3, -0.25) is 14.9 Å². The van der Waals surface area contributed by atoms with Gasteiger partial charge in [0.05, 0.1) is 5.69 Å². The summed E-state index contributed by atoms with van der Waals surface area (Å²) < 4.78 is 13.1. The molecular formula is C20H19FN4O. The summed E-state index contributed by atoms with van der Waals surface area (Å²) in [6, 6.07) is 11.8. The number of aromatic amines is 1. The van der Waals surface area contributed by atoms with Crippen molar-refractivity contribution >= 4 is 5.91 Å². The van der Waals surface area contributed by atoms with Gasteiger partial charge in [0.1, 0.15) is 5.82 Å². The lowest BCUT2D eigenvalue weighted by Crippen LogP contribution is -2.39. The first kappa shape index (κ1) is 16.4. The van der Waals surface area contributed by atoms with Gasteiger partial charge in [-0.05, 0) is 55.3 Å². The topological polar surface area (TPSA) is 61.9 Å². The lowest BCUT2D eigenvalue weighted by atomic mass is 9.94. The maximum absolute atomic E-state index is 13.1. The number of likely N-dealkylation sites (tertiary alicyclic amines) is 1. The first-order chi connectivity index (χ1) is 12.7.